The van der Waals surface area contributed by atoms with Crippen LogP contribution >= 0.6 is 0 Å². The van der Waals surface area contributed by atoms with E-state index in [4.69, 9.17) is 10.5 Å². The van der Waals surface area contributed by atoms with E-state index in [1.54, 1.807) is 7.11 Å². The minimum atomic E-state index is -0.136. The molecule has 1 aromatic heterocycles. The normalized spacial score (nSPS) is 11.2. The number of nitrogens with two attached hydrogens (primary N) is 1. The lowest BCUT2D eigenvalue weighted by atomic mass is 9.95. The molecule has 0 saturated heterocycles. The molecule has 0 atom stereocenters. The fraction of sp³-hybridized carbons (Fsp3) is 0.375. The van der Waals surface area contributed by atoms with Crippen molar-refractivity contribution in [1.82, 2.24) is 9.97 Å². The van der Waals surface area contributed by atoms with Crippen molar-refractivity contribution in [2.75, 3.05) is 18.2 Å². The molecule has 0 unspecified atom stereocenters. The number of nitrogen functional groups attached to an aromatic ring is 1. The topological polar surface area (TPSA) is 73.1 Å². The molecule has 0 spiro atoms. The third-order valence-electron chi connectivity index (χ3n) is 3.38. The van der Waals surface area contributed by atoms with Crippen LogP contribution < -0.4 is 15.8 Å². The molecular formula is C16H22N4O. The van der Waals surface area contributed by atoms with Gasteiger partial charge in [-0.05, 0) is 32.3 Å². The third-order valence-corrected chi connectivity index (χ3v) is 3.38. The predicted molar refractivity (Wildman–Crippen MR) is 85.5 cm³/mol. The average molecular weight is 286 g/mol. The highest BCUT2D eigenvalue weighted by Crippen LogP contribution is 2.28. The Kier molecular flexibility index (Phi) is 4.62. The first-order valence-corrected chi connectivity index (χ1v) is 6.98. The van der Waals surface area contributed by atoms with Crippen molar-refractivity contribution in [3.63, 3.8) is 0 Å². The van der Waals surface area contributed by atoms with Gasteiger partial charge >= 0.3 is 0 Å². The first-order valence-electron chi connectivity index (χ1n) is 6.98. The Labute approximate surface area is 125 Å². The fourth-order valence-electron chi connectivity index (χ4n) is 2.13. The van der Waals surface area contributed by atoms with Gasteiger partial charge in [0.15, 0.2) is 5.82 Å². The Morgan fingerprint density at radius 2 is 1.90 bits per heavy atom. The van der Waals surface area contributed by atoms with Crippen molar-refractivity contribution in [2.45, 2.75) is 32.2 Å². The monoisotopic (exact) mass is 286 g/mol. The number of rotatable bonds is 6. The molecule has 0 aliphatic carbocycles. The van der Waals surface area contributed by atoms with Gasteiger partial charge < -0.3 is 15.8 Å². The summed E-state index contributed by atoms with van der Waals surface area (Å²) in [4.78, 5) is 8.18. The standard InChI is InChI=1S/C16H22N4O/c1-16(2,10-9-12-7-5-4-6-8-12)20-14-13(17)15(21-3)19-11-18-14/h4-8,11H,9-10,17H2,1-3H3,(H,18,19,20). The van der Waals surface area contributed by atoms with Gasteiger partial charge in [-0.15, -0.1) is 0 Å². The molecule has 0 bridgehead atoms. The number of hydrogen-bond donors (Lipinski definition) is 2. The first kappa shape index (κ1) is 15.1. The second-order valence-electron chi connectivity index (χ2n) is 5.64. The van der Waals surface area contributed by atoms with Crippen LogP contribution in [-0.2, 0) is 6.42 Å². The molecule has 5 nitrogen and oxygen atoms in total. The SMILES string of the molecule is COc1ncnc(NC(C)(C)CCc2ccccc2)c1N. The summed E-state index contributed by atoms with van der Waals surface area (Å²) in [5.41, 5.74) is 7.62. The Bertz CT molecular complexity index is 584. The molecule has 5 heteroatoms. The van der Waals surface area contributed by atoms with Crippen LogP contribution in [0.1, 0.15) is 25.8 Å². The van der Waals surface area contributed by atoms with Gasteiger partial charge in [0, 0.05) is 5.54 Å². The van der Waals surface area contributed by atoms with Crippen LogP contribution in [0.5, 0.6) is 5.88 Å². The third kappa shape index (κ3) is 4.08. The van der Waals surface area contributed by atoms with E-state index in [1.165, 1.54) is 11.9 Å². The minimum Gasteiger partial charge on any atom is -0.479 e. The van der Waals surface area contributed by atoms with E-state index < -0.39 is 0 Å². The van der Waals surface area contributed by atoms with Crippen molar-refractivity contribution in [3.05, 3.63) is 42.2 Å². The van der Waals surface area contributed by atoms with Crippen LogP contribution in [0.3, 0.4) is 0 Å². The molecule has 3 N–H and O–H groups in total. The van der Waals surface area contributed by atoms with E-state index in [1.807, 2.05) is 6.07 Å². The zero-order valence-electron chi connectivity index (χ0n) is 12.8. The van der Waals surface area contributed by atoms with Gasteiger partial charge in [0.25, 0.3) is 0 Å². The molecule has 1 aromatic carbocycles. The minimum absolute atomic E-state index is 0.136. The summed E-state index contributed by atoms with van der Waals surface area (Å²) in [7, 11) is 1.54. The Morgan fingerprint density at radius 3 is 2.57 bits per heavy atom. The van der Waals surface area contributed by atoms with E-state index in [0.29, 0.717) is 17.4 Å². The zero-order valence-corrected chi connectivity index (χ0v) is 12.8. The molecule has 0 radical (unpaired) electrons. The fourth-order valence-corrected chi connectivity index (χ4v) is 2.13. The number of hydrogen-bond acceptors (Lipinski definition) is 5. The smallest absolute Gasteiger partial charge is 0.242 e. The molecule has 2 aromatic rings. The number of ether oxygens (including phenoxy) is 1. The lowest BCUT2D eigenvalue weighted by Crippen LogP contribution is -2.32. The van der Waals surface area contributed by atoms with Crippen LogP contribution in [0.4, 0.5) is 11.5 Å². The lowest BCUT2D eigenvalue weighted by Gasteiger charge is -2.27. The Morgan fingerprint density at radius 1 is 1.19 bits per heavy atom. The number of nitrogens with one attached hydrogen (secondary N) is 1. The number of benzene rings is 1. The number of anilines is 2. The molecule has 112 valence electrons. The maximum Gasteiger partial charge on any atom is 0.242 e. The van der Waals surface area contributed by atoms with Crippen molar-refractivity contribution in [3.8, 4) is 5.88 Å². The second-order valence-corrected chi connectivity index (χ2v) is 5.64. The number of nitrogens with zero attached hydrogens (tertiary/aromatic N) is 2. The molecular weight excluding hydrogens is 264 g/mol. The molecule has 0 fully saturated rings. The predicted octanol–water partition coefficient (Wildman–Crippen LogP) is 2.89. The number of aryl methyl sites for hydroxylation is 1. The van der Waals surface area contributed by atoms with Crippen LogP contribution in [0.25, 0.3) is 0 Å². The van der Waals surface area contributed by atoms with E-state index in [-0.39, 0.29) is 5.54 Å². The molecule has 2 rings (SSSR count). The van der Waals surface area contributed by atoms with Crippen molar-refractivity contribution in [2.24, 2.45) is 0 Å². The largest absolute Gasteiger partial charge is 0.479 e. The van der Waals surface area contributed by atoms with E-state index in [9.17, 15) is 0 Å². The van der Waals surface area contributed by atoms with E-state index in [0.717, 1.165) is 12.8 Å². The summed E-state index contributed by atoms with van der Waals surface area (Å²) in [6.45, 7) is 4.26. The summed E-state index contributed by atoms with van der Waals surface area (Å²) < 4.78 is 5.11. The van der Waals surface area contributed by atoms with Crippen LogP contribution in [0.2, 0.25) is 0 Å². The Hall–Kier alpha value is -2.30. The number of aromatic nitrogens is 2. The summed E-state index contributed by atoms with van der Waals surface area (Å²) in [6, 6.07) is 10.4. The molecule has 0 saturated carbocycles. The summed E-state index contributed by atoms with van der Waals surface area (Å²) in [5.74, 6) is 1.01. The molecule has 0 aliphatic heterocycles. The molecule has 1 heterocycles. The van der Waals surface area contributed by atoms with Gasteiger partial charge in [-0.25, -0.2) is 4.98 Å². The van der Waals surface area contributed by atoms with Gasteiger partial charge in [0.1, 0.15) is 12.0 Å². The lowest BCUT2D eigenvalue weighted by molar-refractivity contribution is 0.399. The molecule has 0 aliphatic rings. The van der Waals surface area contributed by atoms with Gasteiger partial charge in [-0.2, -0.15) is 4.98 Å². The maximum atomic E-state index is 6.00. The molecule has 21 heavy (non-hydrogen) atoms. The highest BCUT2D eigenvalue weighted by atomic mass is 16.5. The van der Waals surface area contributed by atoms with Crippen molar-refractivity contribution < 1.29 is 4.74 Å². The number of methoxy groups -OCH3 is 1. The van der Waals surface area contributed by atoms with Crippen LogP contribution in [0.15, 0.2) is 36.7 Å². The van der Waals surface area contributed by atoms with Gasteiger partial charge in [-0.1, -0.05) is 30.3 Å². The average Bonchev–Trinajstić information content (AvgIpc) is 2.48. The van der Waals surface area contributed by atoms with Gasteiger partial charge in [0.2, 0.25) is 5.88 Å². The summed E-state index contributed by atoms with van der Waals surface area (Å²) in [5, 5.41) is 3.38. The maximum absolute atomic E-state index is 6.00. The van der Waals surface area contributed by atoms with Gasteiger partial charge in [-0.3, -0.25) is 0 Å². The highest BCUT2D eigenvalue weighted by molar-refractivity contribution is 5.67. The first-order chi connectivity index (χ1) is 10.0. The van der Waals surface area contributed by atoms with Crippen molar-refractivity contribution >= 4 is 11.5 Å². The summed E-state index contributed by atoms with van der Waals surface area (Å²) >= 11 is 0. The van der Waals surface area contributed by atoms with Gasteiger partial charge in [0.05, 0.1) is 7.11 Å². The Balaban J connectivity index is 2.03. The highest BCUT2D eigenvalue weighted by Gasteiger charge is 2.20. The van der Waals surface area contributed by atoms with Crippen LogP contribution in [-0.4, -0.2) is 22.6 Å². The van der Waals surface area contributed by atoms with E-state index in [2.05, 4.69) is 53.4 Å². The quantitative estimate of drug-likeness (QED) is 0.854. The van der Waals surface area contributed by atoms with E-state index >= 15 is 0 Å². The summed E-state index contributed by atoms with van der Waals surface area (Å²) in [6.07, 6.45) is 3.40. The zero-order chi connectivity index (χ0) is 15.3. The van der Waals surface area contributed by atoms with Crippen LogP contribution in [0, 0.1) is 0 Å². The second kappa shape index (κ2) is 6.43. The molecule has 0 amide bonds. The van der Waals surface area contributed by atoms with Crippen molar-refractivity contribution in [1.29, 1.82) is 0 Å².